The van der Waals surface area contributed by atoms with Crippen LogP contribution in [0.2, 0.25) is 0 Å². The van der Waals surface area contributed by atoms with Gasteiger partial charge in [-0.15, -0.1) is 0 Å². The van der Waals surface area contributed by atoms with E-state index in [4.69, 9.17) is 4.74 Å². The van der Waals surface area contributed by atoms with Gasteiger partial charge in [0.05, 0.1) is 7.11 Å². The molecule has 0 aromatic heterocycles. The van der Waals surface area contributed by atoms with E-state index >= 15 is 0 Å². The van der Waals surface area contributed by atoms with E-state index in [1.165, 1.54) is 7.11 Å². The Morgan fingerprint density at radius 3 is 2.36 bits per heavy atom. The van der Waals surface area contributed by atoms with Gasteiger partial charge in [0, 0.05) is 0 Å². The van der Waals surface area contributed by atoms with Crippen LogP contribution < -0.4 is 9.47 Å². The number of alkyl halides is 2. The van der Waals surface area contributed by atoms with Crippen molar-refractivity contribution in [1.29, 1.82) is 0 Å². The summed E-state index contributed by atoms with van der Waals surface area (Å²) >= 11 is 0. The smallest absolute Gasteiger partial charge is 0.387 e. The molecular weight excluding hydrogens is 190 g/mol. The van der Waals surface area contributed by atoms with Crippen molar-refractivity contribution in [2.75, 3.05) is 7.11 Å². The lowest BCUT2D eigenvalue weighted by molar-refractivity contribution is -0.0516. The molecule has 0 spiro atoms. The van der Waals surface area contributed by atoms with Gasteiger partial charge in [0.1, 0.15) is 0 Å². The monoisotopic (exact) mass is 202 g/mol. The molecule has 0 radical (unpaired) electrons. The summed E-state index contributed by atoms with van der Waals surface area (Å²) in [5, 5.41) is 0. The highest BCUT2D eigenvalue weighted by atomic mass is 19.3. The Morgan fingerprint density at radius 1 is 1.21 bits per heavy atom. The van der Waals surface area contributed by atoms with E-state index < -0.39 is 6.61 Å². The SMILES string of the molecule is COc1ccc(C)c(C)c1OC(F)F. The van der Waals surface area contributed by atoms with Crippen LogP contribution in [0.5, 0.6) is 11.5 Å². The Bertz CT molecular complexity index is 324. The molecule has 1 aromatic rings. The molecule has 0 heterocycles. The quantitative estimate of drug-likeness (QED) is 0.750. The van der Waals surface area contributed by atoms with Crippen molar-refractivity contribution in [1.82, 2.24) is 0 Å². The predicted octanol–water partition coefficient (Wildman–Crippen LogP) is 2.91. The maximum atomic E-state index is 12.1. The van der Waals surface area contributed by atoms with Crippen molar-refractivity contribution >= 4 is 0 Å². The predicted molar refractivity (Wildman–Crippen MR) is 49.1 cm³/mol. The number of halogens is 2. The normalized spacial score (nSPS) is 10.4. The van der Waals surface area contributed by atoms with Gasteiger partial charge in [-0.25, -0.2) is 0 Å². The zero-order valence-electron chi connectivity index (χ0n) is 8.30. The molecule has 14 heavy (non-hydrogen) atoms. The maximum Gasteiger partial charge on any atom is 0.387 e. The molecule has 1 aromatic carbocycles. The van der Waals surface area contributed by atoms with Crippen LogP contribution in [0.25, 0.3) is 0 Å². The Kier molecular flexibility index (Phi) is 3.28. The van der Waals surface area contributed by atoms with Crippen LogP contribution >= 0.6 is 0 Å². The minimum atomic E-state index is -2.83. The molecule has 0 atom stereocenters. The van der Waals surface area contributed by atoms with E-state index in [0.29, 0.717) is 11.3 Å². The van der Waals surface area contributed by atoms with Crippen molar-refractivity contribution in [3.63, 3.8) is 0 Å². The average Bonchev–Trinajstić information content (AvgIpc) is 2.13. The van der Waals surface area contributed by atoms with Gasteiger partial charge in [0.25, 0.3) is 0 Å². The highest BCUT2D eigenvalue weighted by Gasteiger charge is 2.14. The Labute approximate surface area is 81.4 Å². The summed E-state index contributed by atoms with van der Waals surface area (Å²) in [4.78, 5) is 0. The summed E-state index contributed by atoms with van der Waals surface area (Å²) in [5.41, 5.74) is 1.56. The molecule has 0 amide bonds. The highest BCUT2D eigenvalue weighted by molar-refractivity contribution is 5.49. The molecule has 2 nitrogen and oxygen atoms in total. The fourth-order valence-electron chi connectivity index (χ4n) is 1.16. The first kappa shape index (κ1) is 10.8. The highest BCUT2D eigenvalue weighted by Crippen LogP contribution is 2.33. The Balaban J connectivity index is 3.14. The first-order valence-electron chi connectivity index (χ1n) is 4.15. The number of hydrogen-bond donors (Lipinski definition) is 0. The van der Waals surface area contributed by atoms with E-state index in [1.807, 2.05) is 6.92 Å². The fraction of sp³-hybridized carbons (Fsp3) is 0.400. The molecule has 0 N–H and O–H groups in total. The molecule has 0 fully saturated rings. The number of aryl methyl sites for hydroxylation is 1. The Hall–Kier alpha value is -1.32. The van der Waals surface area contributed by atoms with Gasteiger partial charge in [-0.1, -0.05) is 6.07 Å². The van der Waals surface area contributed by atoms with E-state index in [-0.39, 0.29) is 5.75 Å². The zero-order chi connectivity index (χ0) is 10.7. The summed E-state index contributed by atoms with van der Waals surface area (Å²) in [7, 11) is 1.42. The van der Waals surface area contributed by atoms with Crippen LogP contribution in [0, 0.1) is 13.8 Å². The summed E-state index contributed by atoms with van der Waals surface area (Å²) in [6, 6.07) is 3.41. The Morgan fingerprint density at radius 2 is 1.86 bits per heavy atom. The standard InChI is InChI=1S/C10H12F2O2/c1-6-4-5-8(13-3)9(7(6)2)14-10(11)12/h4-5,10H,1-3H3. The second-order valence-corrected chi connectivity index (χ2v) is 2.92. The summed E-state index contributed by atoms with van der Waals surface area (Å²) in [5.74, 6) is 0.441. The maximum absolute atomic E-state index is 12.1. The molecule has 0 saturated heterocycles. The molecule has 0 aliphatic rings. The average molecular weight is 202 g/mol. The van der Waals surface area contributed by atoms with E-state index in [1.54, 1.807) is 19.1 Å². The number of rotatable bonds is 3. The molecule has 0 aliphatic carbocycles. The van der Waals surface area contributed by atoms with Crippen LogP contribution in [0.3, 0.4) is 0 Å². The van der Waals surface area contributed by atoms with Crippen LogP contribution in [-0.4, -0.2) is 13.7 Å². The first-order valence-corrected chi connectivity index (χ1v) is 4.15. The largest absolute Gasteiger partial charge is 0.493 e. The van der Waals surface area contributed by atoms with E-state index in [0.717, 1.165) is 5.56 Å². The number of ether oxygens (including phenoxy) is 2. The third-order valence-corrected chi connectivity index (χ3v) is 2.07. The summed E-state index contributed by atoms with van der Waals surface area (Å²) in [6.07, 6.45) is 0. The summed E-state index contributed by atoms with van der Waals surface area (Å²) < 4.78 is 33.5. The van der Waals surface area contributed by atoms with Gasteiger partial charge < -0.3 is 9.47 Å². The topological polar surface area (TPSA) is 18.5 Å². The fourth-order valence-corrected chi connectivity index (χ4v) is 1.16. The van der Waals surface area contributed by atoms with E-state index in [2.05, 4.69) is 4.74 Å². The zero-order valence-corrected chi connectivity index (χ0v) is 8.30. The molecule has 0 saturated carbocycles. The van der Waals surface area contributed by atoms with Crippen molar-refractivity contribution in [3.8, 4) is 11.5 Å². The number of methoxy groups -OCH3 is 1. The van der Waals surface area contributed by atoms with Crippen molar-refractivity contribution in [3.05, 3.63) is 23.3 Å². The molecular formula is C10H12F2O2. The van der Waals surface area contributed by atoms with Crippen LogP contribution in [-0.2, 0) is 0 Å². The first-order chi connectivity index (χ1) is 6.56. The van der Waals surface area contributed by atoms with Gasteiger partial charge in [-0.2, -0.15) is 8.78 Å². The van der Waals surface area contributed by atoms with Crippen molar-refractivity contribution < 1.29 is 18.3 Å². The van der Waals surface area contributed by atoms with Crippen molar-refractivity contribution in [2.24, 2.45) is 0 Å². The molecule has 1 rings (SSSR count). The van der Waals surface area contributed by atoms with Gasteiger partial charge in [0.2, 0.25) is 0 Å². The third-order valence-electron chi connectivity index (χ3n) is 2.07. The van der Waals surface area contributed by atoms with Crippen LogP contribution in [0.4, 0.5) is 8.78 Å². The van der Waals surface area contributed by atoms with Crippen LogP contribution in [0.1, 0.15) is 11.1 Å². The minimum absolute atomic E-state index is 0.113. The minimum Gasteiger partial charge on any atom is -0.493 e. The molecule has 78 valence electrons. The number of benzene rings is 1. The number of hydrogen-bond acceptors (Lipinski definition) is 2. The van der Waals surface area contributed by atoms with Gasteiger partial charge in [-0.3, -0.25) is 0 Å². The molecule has 0 aliphatic heterocycles. The van der Waals surface area contributed by atoms with Crippen molar-refractivity contribution in [2.45, 2.75) is 20.5 Å². The molecule has 0 unspecified atom stereocenters. The van der Waals surface area contributed by atoms with Gasteiger partial charge in [0.15, 0.2) is 11.5 Å². The molecule has 4 heteroatoms. The lowest BCUT2D eigenvalue weighted by Crippen LogP contribution is -2.05. The summed E-state index contributed by atoms with van der Waals surface area (Å²) in [6.45, 7) is 0.715. The lowest BCUT2D eigenvalue weighted by atomic mass is 10.1. The third kappa shape index (κ3) is 2.13. The second-order valence-electron chi connectivity index (χ2n) is 2.92. The van der Waals surface area contributed by atoms with E-state index in [9.17, 15) is 8.78 Å². The van der Waals surface area contributed by atoms with Gasteiger partial charge in [-0.05, 0) is 31.0 Å². The van der Waals surface area contributed by atoms with Crippen LogP contribution in [0.15, 0.2) is 12.1 Å². The lowest BCUT2D eigenvalue weighted by Gasteiger charge is -2.13. The van der Waals surface area contributed by atoms with Gasteiger partial charge >= 0.3 is 6.61 Å². The molecule has 0 bridgehead atoms. The second kappa shape index (κ2) is 4.26.